The van der Waals surface area contributed by atoms with Crippen LogP contribution >= 0.6 is 0 Å². The average Bonchev–Trinajstić information content (AvgIpc) is 2.69. The smallest absolute Gasteiger partial charge is 0.441 e. The Balaban J connectivity index is 2.39. The van der Waals surface area contributed by atoms with Gasteiger partial charge in [0.1, 0.15) is 17.7 Å². The molecule has 0 aromatic heterocycles. The van der Waals surface area contributed by atoms with Gasteiger partial charge in [0.25, 0.3) is 0 Å². The maximum atomic E-state index is 15.0. The zero-order chi connectivity index (χ0) is 22.4. The van der Waals surface area contributed by atoms with E-state index >= 15 is 8.78 Å². The van der Waals surface area contributed by atoms with E-state index in [0.717, 1.165) is 0 Å². The van der Waals surface area contributed by atoms with Crippen molar-refractivity contribution in [3.63, 3.8) is 0 Å². The predicted molar refractivity (Wildman–Crippen MR) is 109 cm³/mol. The highest BCUT2D eigenvalue weighted by atomic mass is 19.1. The molecule has 29 heavy (non-hydrogen) atoms. The van der Waals surface area contributed by atoms with E-state index in [9.17, 15) is 4.79 Å². The second-order valence-electron chi connectivity index (χ2n) is 9.94. The molecule has 0 aliphatic carbocycles. The topological polar surface area (TPSA) is 56.8 Å². The van der Waals surface area contributed by atoms with Crippen LogP contribution in [0, 0.1) is 17.0 Å². The normalized spacial score (nSPS) is 19.4. The zero-order valence-electron chi connectivity index (χ0n) is 18.8. The first-order chi connectivity index (χ1) is 13.0. The standard InChI is InChI=1S/C21H32BF2NO4/c1-12(2)25-18(26)27-17(19(3,4)5)13-10-14(23)16(15(24)11-13)22-28-20(6,7)21(8,9)29-22/h10-12,17H,1-9H3,(H,25,26). The molecule has 1 saturated heterocycles. The highest BCUT2D eigenvalue weighted by molar-refractivity contribution is 6.62. The highest BCUT2D eigenvalue weighted by Gasteiger charge is 2.53. The van der Waals surface area contributed by atoms with Gasteiger partial charge in [0.15, 0.2) is 0 Å². The zero-order valence-corrected chi connectivity index (χ0v) is 18.8. The summed E-state index contributed by atoms with van der Waals surface area (Å²) in [4.78, 5) is 12.1. The molecule has 1 fully saturated rings. The molecule has 1 N–H and O–H groups in total. The number of hydrogen-bond acceptors (Lipinski definition) is 4. The minimum Gasteiger partial charge on any atom is -0.441 e. The molecule has 1 aliphatic rings. The molecule has 0 spiro atoms. The number of halogens is 2. The lowest BCUT2D eigenvalue weighted by Crippen LogP contribution is -2.41. The number of ether oxygens (including phenoxy) is 1. The molecule has 1 aromatic carbocycles. The first kappa shape index (κ1) is 23.6. The Morgan fingerprint density at radius 2 is 1.52 bits per heavy atom. The second kappa shape index (κ2) is 7.87. The summed E-state index contributed by atoms with van der Waals surface area (Å²) in [7, 11) is -1.16. The molecule has 1 aromatic rings. The van der Waals surface area contributed by atoms with E-state index < -0.39 is 47.6 Å². The van der Waals surface area contributed by atoms with Crippen molar-refractivity contribution >= 4 is 18.7 Å². The van der Waals surface area contributed by atoms with Crippen molar-refractivity contribution in [3.8, 4) is 0 Å². The van der Waals surface area contributed by atoms with Crippen LogP contribution in [-0.4, -0.2) is 30.5 Å². The van der Waals surface area contributed by atoms with Gasteiger partial charge in [0.2, 0.25) is 0 Å². The van der Waals surface area contributed by atoms with Gasteiger partial charge in [-0.3, -0.25) is 0 Å². The van der Waals surface area contributed by atoms with Crippen LogP contribution in [-0.2, 0) is 14.0 Å². The third kappa shape index (κ3) is 5.09. The molecule has 0 radical (unpaired) electrons. The van der Waals surface area contributed by atoms with Crippen LogP contribution in [0.1, 0.15) is 74.0 Å². The van der Waals surface area contributed by atoms with Gasteiger partial charge in [-0.15, -0.1) is 0 Å². The summed E-state index contributed by atoms with van der Waals surface area (Å²) >= 11 is 0. The summed E-state index contributed by atoms with van der Waals surface area (Å²) in [5.41, 5.74) is -2.08. The van der Waals surface area contributed by atoms with E-state index in [-0.39, 0.29) is 17.1 Å². The molecule has 1 amide bonds. The monoisotopic (exact) mass is 411 g/mol. The number of nitrogens with one attached hydrogen (secondary N) is 1. The van der Waals surface area contributed by atoms with Gasteiger partial charge < -0.3 is 19.4 Å². The number of rotatable bonds is 4. The van der Waals surface area contributed by atoms with Crippen molar-refractivity contribution in [3.05, 3.63) is 29.3 Å². The Hall–Kier alpha value is -1.67. The number of carbonyl (C=O) groups excluding carboxylic acids is 1. The van der Waals surface area contributed by atoms with E-state index in [1.165, 1.54) is 12.1 Å². The highest BCUT2D eigenvalue weighted by Crippen LogP contribution is 2.39. The van der Waals surface area contributed by atoms with E-state index in [2.05, 4.69) is 5.32 Å². The van der Waals surface area contributed by atoms with Gasteiger partial charge in [-0.25, -0.2) is 13.6 Å². The van der Waals surface area contributed by atoms with Crippen molar-refractivity contribution in [1.82, 2.24) is 5.32 Å². The summed E-state index contributed by atoms with van der Waals surface area (Å²) in [6.45, 7) is 16.3. The van der Waals surface area contributed by atoms with Crippen LogP contribution in [0.15, 0.2) is 12.1 Å². The van der Waals surface area contributed by atoms with Crippen LogP contribution in [0.2, 0.25) is 0 Å². The summed E-state index contributed by atoms with van der Waals surface area (Å²) in [5.74, 6) is -1.61. The van der Waals surface area contributed by atoms with E-state index in [1.807, 2.05) is 48.5 Å². The van der Waals surface area contributed by atoms with Gasteiger partial charge >= 0.3 is 13.2 Å². The lowest BCUT2D eigenvalue weighted by molar-refractivity contribution is 0.00578. The molecular weight excluding hydrogens is 379 g/mol. The fourth-order valence-electron chi connectivity index (χ4n) is 3.06. The minimum atomic E-state index is -1.16. The summed E-state index contributed by atoms with van der Waals surface area (Å²) in [6.07, 6.45) is -1.49. The summed E-state index contributed by atoms with van der Waals surface area (Å²) in [6, 6.07) is 2.24. The first-order valence-electron chi connectivity index (χ1n) is 9.87. The largest absolute Gasteiger partial charge is 0.500 e. The maximum absolute atomic E-state index is 15.0. The SMILES string of the molecule is CC(C)NC(=O)OC(c1cc(F)c(B2OC(C)(C)C(C)(C)O2)c(F)c1)C(C)(C)C. The molecule has 0 bridgehead atoms. The molecule has 1 aliphatic heterocycles. The van der Waals surface area contributed by atoms with Crippen molar-refractivity contribution in [2.24, 2.45) is 5.41 Å². The van der Waals surface area contributed by atoms with Gasteiger partial charge in [0, 0.05) is 11.5 Å². The first-order valence-corrected chi connectivity index (χ1v) is 9.87. The van der Waals surface area contributed by atoms with Crippen molar-refractivity contribution in [2.75, 3.05) is 0 Å². The quantitative estimate of drug-likeness (QED) is 0.742. The number of hydrogen-bond donors (Lipinski definition) is 1. The number of carbonyl (C=O) groups is 1. The van der Waals surface area contributed by atoms with E-state index in [0.29, 0.717) is 0 Å². The maximum Gasteiger partial charge on any atom is 0.500 e. The fraction of sp³-hybridized carbons (Fsp3) is 0.667. The van der Waals surface area contributed by atoms with Crippen LogP contribution in [0.5, 0.6) is 0 Å². The van der Waals surface area contributed by atoms with Crippen LogP contribution in [0.4, 0.5) is 13.6 Å². The molecule has 1 unspecified atom stereocenters. The number of amides is 1. The van der Waals surface area contributed by atoms with Gasteiger partial charge in [-0.05, 0) is 59.2 Å². The Morgan fingerprint density at radius 3 is 1.90 bits per heavy atom. The fourth-order valence-corrected chi connectivity index (χ4v) is 3.06. The Kier molecular flexibility index (Phi) is 6.41. The Morgan fingerprint density at radius 1 is 1.07 bits per heavy atom. The lowest BCUT2D eigenvalue weighted by Gasteiger charge is -2.32. The molecule has 8 heteroatoms. The van der Waals surface area contributed by atoms with Crippen LogP contribution in [0.3, 0.4) is 0 Å². The Labute approximate surface area is 172 Å². The van der Waals surface area contributed by atoms with Gasteiger partial charge in [-0.2, -0.15) is 0 Å². The third-order valence-corrected chi connectivity index (χ3v) is 5.31. The molecular formula is C21H32BF2NO4. The number of benzene rings is 1. The van der Waals surface area contributed by atoms with Crippen molar-refractivity contribution in [2.45, 2.75) is 85.7 Å². The van der Waals surface area contributed by atoms with Crippen LogP contribution < -0.4 is 10.8 Å². The molecule has 0 saturated carbocycles. The van der Waals surface area contributed by atoms with E-state index in [4.69, 9.17) is 14.0 Å². The van der Waals surface area contributed by atoms with E-state index in [1.54, 1.807) is 13.8 Å². The van der Waals surface area contributed by atoms with Crippen LogP contribution in [0.25, 0.3) is 0 Å². The lowest BCUT2D eigenvalue weighted by atomic mass is 9.76. The minimum absolute atomic E-state index is 0.123. The molecule has 5 nitrogen and oxygen atoms in total. The van der Waals surface area contributed by atoms with Crippen molar-refractivity contribution < 1.29 is 27.6 Å². The summed E-state index contributed by atoms with van der Waals surface area (Å²) in [5, 5.41) is 2.63. The number of alkyl carbamates (subject to hydrolysis) is 1. The molecule has 1 heterocycles. The van der Waals surface area contributed by atoms with Gasteiger partial charge in [-0.1, -0.05) is 20.8 Å². The third-order valence-electron chi connectivity index (χ3n) is 5.31. The predicted octanol–water partition coefficient (Wildman–Crippen LogP) is 4.49. The van der Waals surface area contributed by atoms with Gasteiger partial charge in [0.05, 0.1) is 16.7 Å². The van der Waals surface area contributed by atoms with Crippen molar-refractivity contribution in [1.29, 1.82) is 0 Å². The summed E-state index contributed by atoms with van der Waals surface area (Å²) < 4.78 is 47.1. The molecule has 1 atom stereocenters. The average molecular weight is 411 g/mol. The second-order valence-corrected chi connectivity index (χ2v) is 9.94. The molecule has 162 valence electrons. The molecule has 2 rings (SSSR count). The Bertz CT molecular complexity index is 735.